The first-order valence-corrected chi connectivity index (χ1v) is 11.2. The Kier molecular flexibility index (Phi) is 8.57. The molecule has 0 aliphatic rings. The lowest BCUT2D eigenvalue weighted by molar-refractivity contribution is -0.140. The minimum Gasteiger partial charge on any atom is -0.357 e. The zero-order valence-corrected chi connectivity index (χ0v) is 19.8. The molecule has 0 spiro atoms. The number of likely N-dealkylation sites (N-methyl/N-ethyl adjacent to an activating group) is 1. The topological polar surface area (TPSA) is 49.4 Å². The molecule has 7 heteroatoms. The lowest BCUT2D eigenvalue weighted by atomic mass is 10.0. The molecule has 0 radical (unpaired) electrons. The van der Waals surface area contributed by atoms with Gasteiger partial charge in [-0.3, -0.25) is 9.59 Å². The van der Waals surface area contributed by atoms with Gasteiger partial charge in [0.25, 0.3) is 0 Å². The summed E-state index contributed by atoms with van der Waals surface area (Å²) in [5.41, 5.74) is 2.30. The molecule has 3 rings (SSSR count). The smallest absolute Gasteiger partial charge is 0.242 e. The van der Waals surface area contributed by atoms with Gasteiger partial charge in [0, 0.05) is 35.1 Å². The van der Waals surface area contributed by atoms with Crippen LogP contribution in [0, 0.1) is 0 Å². The molecule has 0 aromatic heterocycles. The van der Waals surface area contributed by atoms with Crippen molar-refractivity contribution in [2.75, 3.05) is 7.05 Å². The summed E-state index contributed by atoms with van der Waals surface area (Å²) in [6, 6.07) is 21.2. The van der Waals surface area contributed by atoms with Crippen LogP contribution in [0.1, 0.15) is 16.7 Å². The van der Waals surface area contributed by atoms with E-state index in [-0.39, 0.29) is 24.8 Å². The van der Waals surface area contributed by atoms with E-state index in [0.29, 0.717) is 27.1 Å². The summed E-state index contributed by atoms with van der Waals surface area (Å²) < 4.78 is 0. The fourth-order valence-electron chi connectivity index (χ4n) is 3.51. The van der Waals surface area contributed by atoms with Crippen molar-refractivity contribution in [3.05, 3.63) is 105 Å². The molecule has 0 bridgehead atoms. The maximum Gasteiger partial charge on any atom is 0.242 e. The van der Waals surface area contributed by atoms with Crippen LogP contribution in [0.5, 0.6) is 0 Å². The van der Waals surface area contributed by atoms with E-state index in [1.165, 1.54) is 0 Å². The van der Waals surface area contributed by atoms with Crippen molar-refractivity contribution < 1.29 is 9.59 Å². The number of benzene rings is 3. The van der Waals surface area contributed by atoms with Gasteiger partial charge in [0.15, 0.2) is 0 Å². The molecule has 3 aromatic carbocycles. The summed E-state index contributed by atoms with van der Waals surface area (Å²) in [6.07, 6.45) is 0.338. The number of hydrogen-bond acceptors (Lipinski definition) is 2. The quantitative estimate of drug-likeness (QED) is 0.449. The van der Waals surface area contributed by atoms with Gasteiger partial charge >= 0.3 is 0 Å². The lowest BCUT2D eigenvalue weighted by Gasteiger charge is -2.31. The molecule has 3 aromatic rings. The second-order valence-electron chi connectivity index (χ2n) is 7.35. The molecule has 0 aliphatic heterocycles. The molecule has 0 saturated carbocycles. The maximum absolute atomic E-state index is 13.6. The number of nitrogens with zero attached hydrogens (tertiary/aromatic N) is 1. The van der Waals surface area contributed by atoms with E-state index in [1.54, 1.807) is 42.3 Å². The van der Waals surface area contributed by atoms with Crippen LogP contribution < -0.4 is 5.32 Å². The van der Waals surface area contributed by atoms with E-state index < -0.39 is 6.04 Å². The Morgan fingerprint density at radius 2 is 1.50 bits per heavy atom. The Balaban J connectivity index is 1.98. The number of amides is 2. The van der Waals surface area contributed by atoms with E-state index in [2.05, 4.69) is 5.32 Å². The molecule has 1 N–H and O–H groups in total. The fourth-order valence-corrected chi connectivity index (χ4v) is 4.25. The molecule has 32 heavy (non-hydrogen) atoms. The minimum atomic E-state index is -0.727. The molecule has 0 aliphatic carbocycles. The molecule has 2 amide bonds. The van der Waals surface area contributed by atoms with Crippen LogP contribution in [0.3, 0.4) is 0 Å². The van der Waals surface area contributed by atoms with E-state index in [9.17, 15) is 9.59 Å². The molecule has 0 fully saturated rings. The first-order chi connectivity index (χ1) is 15.4. The summed E-state index contributed by atoms with van der Waals surface area (Å²) in [5, 5.41) is 4.07. The van der Waals surface area contributed by atoms with Crippen molar-refractivity contribution in [1.29, 1.82) is 0 Å². The van der Waals surface area contributed by atoms with Gasteiger partial charge in [-0.2, -0.15) is 0 Å². The van der Waals surface area contributed by atoms with Gasteiger partial charge in [-0.15, -0.1) is 0 Å². The normalized spacial score (nSPS) is 11.6. The molecular weight excluding hydrogens is 467 g/mol. The summed E-state index contributed by atoms with van der Waals surface area (Å²) in [6.45, 7) is 0.215. The monoisotopic (exact) mass is 488 g/mol. The molecule has 1 unspecified atom stereocenters. The zero-order valence-electron chi connectivity index (χ0n) is 17.5. The predicted molar refractivity (Wildman–Crippen MR) is 130 cm³/mol. The average molecular weight is 490 g/mol. The third kappa shape index (κ3) is 6.26. The van der Waals surface area contributed by atoms with E-state index in [1.807, 2.05) is 42.5 Å². The Morgan fingerprint density at radius 3 is 2.12 bits per heavy atom. The number of carbonyl (C=O) groups excluding carboxylic acids is 2. The Bertz CT molecular complexity index is 1070. The predicted octanol–water partition coefficient (Wildman–Crippen LogP) is 5.58. The molecular formula is C25H23Cl3N2O2. The largest absolute Gasteiger partial charge is 0.357 e. The van der Waals surface area contributed by atoms with Crippen molar-refractivity contribution in [3.63, 3.8) is 0 Å². The second kappa shape index (κ2) is 11.4. The highest BCUT2D eigenvalue weighted by Crippen LogP contribution is 2.26. The average Bonchev–Trinajstić information content (AvgIpc) is 2.79. The fraction of sp³-hybridized carbons (Fsp3) is 0.200. The molecule has 0 saturated heterocycles. The summed E-state index contributed by atoms with van der Waals surface area (Å²) in [4.78, 5) is 28.0. The highest BCUT2D eigenvalue weighted by Gasteiger charge is 2.30. The number of halogens is 3. The third-order valence-electron chi connectivity index (χ3n) is 5.15. The van der Waals surface area contributed by atoms with Crippen LogP contribution in [0.4, 0.5) is 0 Å². The van der Waals surface area contributed by atoms with Crippen molar-refractivity contribution in [2.45, 2.75) is 25.4 Å². The summed E-state index contributed by atoms with van der Waals surface area (Å²) in [7, 11) is 1.56. The SMILES string of the molecule is CNC(=O)C(Cc1ccccc1)N(Cc1cccc(Cl)c1)C(=O)Cc1c(Cl)cccc1Cl. The zero-order chi connectivity index (χ0) is 23.1. The standard InChI is InChI=1S/C25H23Cl3N2O2/c1-29-25(32)23(14-17-7-3-2-4-8-17)30(16-18-9-5-10-19(26)13-18)24(31)15-20-21(27)11-6-12-22(20)28/h2-13,23H,14-16H2,1H3,(H,29,32). The Labute approximate surface area is 203 Å². The third-order valence-corrected chi connectivity index (χ3v) is 6.09. The molecule has 4 nitrogen and oxygen atoms in total. The van der Waals surface area contributed by atoms with Crippen LogP contribution in [0.15, 0.2) is 72.8 Å². The Morgan fingerprint density at radius 1 is 0.875 bits per heavy atom. The van der Waals surface area contributed by atoms with Crippen LogP contribution in [-0.4, -0.2) is 29.8 Å². The van der Waals surface area contributed by atoms with Gasteiger partial charge in [0.05, 0.1) is 6.42 Å². The van der Waals surface area contributed by atoms with Gasteiger partial charge in [0.2, 0.25) is 11.8 Å². The van der Waals surface area contributed by atoms with Crippen molar-refractivity contribution in [2.24, 2.45) is 0 Å². The van der Waals surface area contributed by atoms with Gasteiger partial charge in [-0.25, -0.2) is 0 Å². The molecule has 0 heterocycles. The van der Waals surface area contributed by atoms with E-state index in [4.69, 9.17) is 34.8 Å². The van der Waals surface area contributed by atoms with Crippen molar-refractivity contribution in [3.8, 4) is 0 Å². The van der Waals surface area contributed by atoms with Gasteiger partial charge in [0.1, 0.15) is 6.04 Å². The van der Waals surface area contributed by atoms with Crippen LogP contribution in [0.2, 0.25) is 15.1 Å². The number of carbonyl (C=O) groups is 2. The second-order valence-corrected chi connectivity index (χ2v) is 8.60. The highest BCUT2D eigenvalue weighted by atomic mass is 35.5. The van der Waals surface area contributed by atoms with Crippen LogP contribution in [-0.2, 0) is 29.0 Å². The van der Waals surface area contributed by atoms with Crippen molar-refractivity contribution in [1.82, 2.24) is 10.2 Å². The van der Waals surface area contributed by atoms with Crippen LogP contribution in [0.25, 0.3) is 0 Å². The molecule has 1 atom stereocenters. The first-order valence-electron chi connectivity index (χ1n) is 10.1. The lowest BCUT2D eigenvalue weighted by Crippen LogP contribution is -2.50. The van der Waals surface area contributed by atoms with Gasteiger partial charge < -0.3 is 10.2 Å². The van der Waals surface area contributed by atoms with Gasteiger partial charge in [-0.1, -0.05) is 83.3 Å². The minimum absolute atomic E-state index is 0.0264. The Hall–Kier alpha value is -2.53. The summed E-state index contributed by atoms with van der Waals surface area (Å²) >= 11 is 18.8. The van der Waals surface area contributed by atoms with Crippen molar-refractivity contribution >= 4 is 46.6 Å². The highest BCUT2D eigenvalue weighted by molar-refractivity contribution is 6.36. The van der Waals surface area contributed by atoms with E-state index in [0.717, 1.165) is 11.1 Å². The maximum atomic E-state index is 13.6. The number of hydrogen-bond donors (Lipinski definition) is 1. The van der Waals surface area contributed by atoms with Gasteiger partial charge in [-0.05, 0) is 41.0 Å². The number of nitrogens with one attached hydrogen (secondary N) is 1. The first kappa shape index (κ1) is 24.1. The van der Waals surface area contributed by atoms with E-state index >= 15 is 0 Å². The molecule has 166 valence electrons. The summed E-state index contributed by atoms with van der Waals surface area (Å²) in [5.74, 6) is -0.515. The number of rotatable bonds is 8. The van der Waals surface area contributed by atoms with Crippen LogP contribution >= 0.6 is 34.8 Å².